The number of benzene rings is 3. The molecule has 2 aliphatic heterocycles. The molecule has 206 valence electrons. The average Bonchev–Trinajstić information content (AvgIpc) is 3.33. The Morgan fingerprint density at radius 2 is 1.51 bits per heavy atom. The fourth-order valence-corrected chi connectivity index (χ4v) is 8.13. The molecule has 0 aromatic heterocycles. The number of hydrogen-bond acceptors (Lipinski definition) is 5. The van der Waals surface area contributed by atoms with Crippen LogP contribution in [0, 0.1) is 32.7 Å². The van der Waals surface area contributed by atoms with Crippen LogP contribution in [0.15, 0.2) is 90.5 Å². The van der Waals surface area contributed by atoms with Gasteiger partial charge in [-0.15, -0.1) is 0 Å². The number of carbonyl (C=O) groups is 4. The van der Waals surface area contributed by atoms with Crippen LogP contribution >= 0.6 is 22.6 Å². The van der Waals surface area contributed by atoms with Crippen molar-refractivity contribution in [2.75, 3.05) is 9.80 Å². The van der Waals surface area contributed by atoms with E-state index in [1.165, 1.54) is 9.80 Å². The van der Waals surface area contributed by atoms with Crippen LogP contribution in [0.1, 0.15) is 31.2 Å². The highest BCUT2D eigenvalue weighted by Crippen LogP contribution is 2.63. The van der Waals surface area contributed by atoms with Gasteiger partial charge in [-0.05, 0) is 102 Å². The van der Waals surface area contributed by atoms with Crippen molar-refractivity contribution in [2.24, 2.45) is 29.1 Å². The molecular weight excluding hydrogens is 631 g/mol. The lowest BCUT2D eigenvalue weighted by Crippen LogP contribution is -2.48. The molecule has 4 amide bonds. The van der Waals surface area contributed by atoms with Crippen molar-refractivity contribution in [3.63, 3.8) is 0 Å². The van der Waals surface area contributed by atoms with E-state index >= 15 is 0 Å². The SMILES string of the molecule is CC12C(=O)N(c3ccccc3)C(=O)C1CC1C(=CCC3C(=O)N(c4ccc(I)cc4)C(=O)C31)C2c1cccc(O)c1. The summed E-state index contributed by atoms with van der Waals surface area (Å²) in [4.78, 5) is 58.7. The number of phenols is 1. The summed E-state index contributed by atoms with van der Waals surface area (Å²) in [7, 11) is 0. The van der Waals surface area contributed by atoms with Crippen LogP contribution in [0.3, 0.4) is 0 Å². The highest BCUT2D eigenvalue weighted by Gasteiger charge is 2.67. The Balaban J connectivity index is 1.36. The molecule has 0 spiro atoms. The van der Waals surface area contributed by atoms with Crippen LogP contribution in [0.4, 0.5) is 11.4 Å². The smallest absolute Gasteiger partial charge is 0.241 e. The predicted molar refractivity (Wildman–Crippen MR) is 161 cm³/mol. The molecule has 3 fully saturated rings. The molecule has 7 rings (SSSR count). The van der Waals surface area contributed by atoms with Gasteiger partial charge in [-0.25, -0.2) is 4.90 Å². The third kappa shape index (κ3) is 3.69. The lowest BCUT2D eigenvalue weighted by atomic mass is 9.51. The van der Waals surface area contributed by atoms with Crippen molar-refractivity contribution >= 4 is 57.6 Å². The number of allylic oxidation sites excluding steroid dienone is 2. The normalized spacial score (nSPS) is 30.7. The summed E-state index contributed by atoms with van der Waals surface area (Å²) < 4.78 is 1.000. The van der Waals surface area contributed by atoms with Gasteiger partial charge in [-0.3, -0.25) is 24.1 Å². The van der Waals surface area contributed by atoms with Gasteiger partial charge in [0.25, 0.3) is 0 Å². The highest BCUT2D eigenvalue weighted by molar-refractivity contribution is 14.1. The summed E-state index contributed by atoms with van der Waals surface area (Å²) in [5.74, 6) is -3.78. The average molecular weight is 658 g/mol. The Morgan fingerprint density at radius 1 is 0.805 bits per heavy atom. The molecule has 4 aliphatic rings. The van der Waals surface area contributed by atoms with Gasteiger partial charge in [0.05, 0.1) is 34.5 Å². The number of rotatable bonds is 3. The molecule has 7 nitrogen and oxygen atoms in total. The van der Waals surface area contributed by atoms with Gasteiger partial charge in [0.2, 0.25) is 23.6 Å². The molecule has 3 aromatic carbocycles. The number of halogens is 1. The number of phenolic OH excluding ortho intramolecular Hbond substituents is 1. The van der Waals surface area contributed by atoms with E-state index in [1.54, 1.807) is 54.6 Å². The molecule has 6 unspecified atom stereocenters. The van der Waals surface area contributed by atoms with Gasteiger partial charge < -0.3 is 5.11 Å². The molecule has 0 bridgehead atoms. The fraction of sp³-hybridized carbons (Fsp3) is 0.273. The van der Waals surface area contributed by atoms with Crippen molar-refractivity contribution in [3.8, 4) is 5.75 Å². The zero-order chi connectivity index (χ0) is 28.6. The number of carbonyl (C=O) groups excluding carboxylic acids is 4. The van der Waals surface area contributed by atoms with E-state index < -0.39 is 35.0 Å². The Morgan fingerprint density at radius 3 is 2.22 bits per heavy atom. The van der Waals surface area contributed by atoms with E-state index in [1.807, 2.05) is 37.3 Å². The van der Waals surface area contributed by atoms with Gasteiger partial charge in [0.1, 0.15) is 5.75 Å². The van der Waals surface area contributed by atoms with Crippen LogP contribution in [0.2, 0.25) is 0 Å². The molecule has 1 N–H and O–H groups in total. The molecule has 6 atom stereocenters. The summed E-state index contributed by atoms with van der Waals surface area (Å²) in [6.07, 6.45) is 2.70. The van der Waals surface area contributed by atoms with Crippen LogP contribution in [-0.2, 0) is 19.2 Å². The third-order valence-electron chi connectivity index (χ3n) is 9.58. The van der Waals surface area contributed by atoms with E-state index in [-0.39, 0.29) is 29.4 Å². The molecule has 41 heavy (non-hydrogen) atoms. The quantitative estimate of drug-likeness (QED) is 0.230. The summed E-state index contributed by atoms with van der Waals surface area (Å²) in [5, 5.41) is 10.4. The number of imide groups is 2. The van der Waals surface area contributed by atoms with Crippen LogP contribution in [-0.4, -0.2) is 28.7 Å². The summed E-state index contributed by atoms with van der Waals surface area (Å²) in [6.45, 7) is 1.85. The molecule has 2 saturated heterocycles. The maximum Gasteiger partial charge on any atom is 0.241 e. The molecule has 3 aromatic rings. The number of para-hydroxylation sites is 1. The van der Waals surface area contributed by atoms with Crippen molar-refractivity contribution in [1.82, 2.24) is 0 Å². The Hall–Kier alpha value is -3.79. The Kier molecular flexibility index (Phi) is 5.97. The number of nitrogens with zero attached hydrogens (tertiary/aromatic N) is 2. The van der Waals surface area contributed by atoms with Crippen LogP contribution < -0.4 is 9.80 Å². The molecule has 2 heterocycles. The van der Waals surface area contributed by atoms with E-state index in [2.05, 4.69) is 22.6 Å². The first-order valence-electron chi connectivity index (χ1n) is 13.8. The number of anilines is 2. The monoisotopic (exact) mass is 658 g/mol. The first kappa shape index (κ1) is 26.1. The minimum atomic E-state index is -1.13. The zero-order valence-electron chi connectivity index (χ0n) is 22.2. The second-order valence-electron chi connectivity index (χ2n) is 11.6. The minimum absolute atomic E-state index is 0.0627. The van der Waals surface area contributed by atoms with Gasteiger partial charge in [-0.2, -0.15) is 0 Å². The Labute approximate surface area is 251 Å². The summed E-state index contributed by atoms with van der Waals surface area (Å²) in [5.41, 5.74) is 1.55. The molecule has 2 aliphatic carbocycles. The van der Waals surface area contributed by atoms with Gasteiger partial charge in [-0.1, -0.05) is 42.0 Å². The third-order valence-corrected chi connectivity index (χ3v) is 10.3. The number of fused-ring (bicyclic) bond motifs is 4. The zero-order valence-corrected chi connectivity index (χ0v) is 24.4. The molecular formula is C33H27IN2O5. The van der Waals surface area contributed by atoms with E-state index in [0.29, 0.717) is 29.8 Å². The van der Waals surface area contributed by atoms with E-state index in [0.717, 1.165) is 9.14 Å². The second-order valence-corrected chi connectivity index (χ2v) is 12.8. The van der Waals surface area contributed by atoms with Crippen molar-refractivity contribution in [3.05, 3.63) is 99.6 Å². The van der Waals surface area contributed by atoms with Gasteiger partial charge in [0.15, 0.2) is 0 Å². The maximum atomic E-state index is 14.3. The summed E-state index contributed by atoms with van der Waals surface area (Å²) in [6, 6.07) is 23.0. The number of amides is 4. The second kappa shape index (κ2) is 9.37. The largest absolute Gasteiger partial charge is 0.508 e. The lowest BCUT2D eigenvalue weighted by Gasteiger charge is -2.49. The van der Waals surface area contributed by atoms with E-state index in [9.17, 15) is 24.3 Å². The maximum absolute atomic E-state index is 14.3. The standard InChI is InChI=1S/C33H27IN2O5/c1-33-26(30(39)36(32(33)41)20-7-3-2-4-8-20)17-25-23(28(33)18-6-5-9-22(37)16-18)14-15-24-27(25)31(40)35(29(24)38)21-12-10-19(34)11-13-21/h2-14,16,24-28,37H,15,17H2,1H3. The highest BCUT2D eigenvalue weighted by atomic mass is 127. The lowest BCUT2D eigenvalue weighted by molar-refractivity contribution is -0.131. The topological polar surface area (TPSA) is 95.0 Å². The van der Waals surface area contributed by atoms with Crippen molar-refractivity contribution < 1.29 is 24.3 Å². The van der Waals surface area contributed by atoms with E-state index in [4.69, 9.17) is 0 Å². The fourth-order valence-electron chi connectivity index (χ4n) is 7.77. The van der Waals surface area contributed by atoms with Crippen LogP contribution in [0.5, 0.6) is 5.75 Å². The predicted octanol–water partition coefficient (Wildman–Crippen LogP) is 5.43. The molecule has 1 saturated carbocycles. The minimum Gasteiger partial charge on any atom is -0.508 e. The van der Waals surface area contributed by atoms with Gasteiger partial charge in [0, 0.05) is 9.49 Å². The first-order chi connectivity index (χ1) is 19.7. The van der Waals surface area contributed by atoms with Gasteiger partial charge >= 0.3 is 0 Å². The molecule has 0 radical (unpaired) electrons. The first-order valence-corrected chi connectivity index (χ1v) is 14.9. The summed E-state index contributed by atoms with van der Waals surface area (Å²) >= 11 is 2.18. The molecule has 8 heteroatoms. The van der Waals surface area contributed by atoms with Crippen molar-refractivity contribution in [2.45, 2.75) is 25.7 Å². The Bertz CT molecular complexity index is 1650. The van der Waals surface area contributed by atoms with Crippen LogP contribution in [0.25, 0.3) is 0 Å². The van der Waals surface area contributed by atoms with Crippen molar-refractivity contribution in [1.29, 1.82) is 0 Å². The number of aromatic hydroxyl groups is 1. The number of hydrogen-bond donors (Lipinski definition) is 1.